The van der Waals surface area contributed by atoms with Crippen molar-refractivity contribution in [3.05, 3.63) is 22.0 Å². The van der Waals surface area contributed by atoms with Crippen molar-refractivity contribution in [1.82, 2.24) is 0 Å². The lowest BCUT2D eigenvalue weighted by Crippen LogP contribution is -1.94. The molecule has 0 heterocycles. The summed E-state index contributed by atoms with van der Waals surface area (Å²) in [6, 6.07) is 0. The fourth-order valence-corrected chi connectivity index (χ4v) is 1.19. The summed E-state index contributed by atoms with van der Waals surface area (Å²) in [5, 5.41) is 0. The van der Waals surface area contributed by atoms with Gasteiger partial charge >= 0.3 is 0 Å². The Bertz CT molecular complexity index is 218. The quantitative estimate of drug-likeness (QED) is 0.601. The smallest absolute Gasteiger partial charge is 0.148 e. The van der Waals surface area contributed by atoms with E-state index in [9.17, 15) is 9.18 Å². The van der Waals surface area contributed by atoms with E-state index in [1.807, 2.05) is 0 Å². The maximum absolute atomic E-state index is 12.6. The van der Waals surface area contributed by atoms with Crippen LogP contribution in [-0.4, -0.2) is 6.29 Å². The van der Waals surface area contributed by atoms with E-state index in [1.165, 1.54) is 6.08 Å². The third-order valence-electron chi connectivity index (χ3n) is 1.37. The number of halogens is 2. The van der Waals surface area contributed by atoms with Crippen molar-refractivity contribution in [2.75, 3.05) is 0 Å². The Morgan fingerprint density at radius 3 is 2.80 bits per heavy atom. The first kappa shape index (κ1) is 7.66. The molecule has 0 radical (unpaired) electrons. The van der Waals surface area contributed by atoms with Gasteiger partial charge < -0.3 is 0 Å². The first-order chi connectivity index (χ1) is 4.74. The predicted octanol–water partition coefficient (Wildman–Crippen LogP) is 2.48. The molecule has 0 amide bonds. The molecule has 0 atom stereocenters. The third-order valence-corrected chi connectivity index (χ3v) is 1.99. The van der Waals surface area contributed by atoms with E-state index in [4.69, 9.17) is 0 Å². The Balaban J connectivity index is 2.90. The van der Waals surface area contributed by atoms with Gasteiger partial charge in [-0.1, -0.05) is 15.9 Å². The first-order valence-electron chi connectivity index (χ1n) is 2.94. The minimum atomic E-state index is -0.409. The summed E-state index contributed by atoms with van der Waals surface area (Å²) in [6.45, 7) is 0. The molecule has 3 heteroatoms. The van der Waals surface area contributed by atoms with E-state index < -0.39 is 5.83 Å². The van der Waals surface area contributed by atoms with Gasteiger partial charge in [0.05, 0.1) is 0 Å². The molecule has 1 nitrogen and oxygen atoms in total. The number of carbonyl (C=O) groups is 1. The largest absolute Gasteiger partial charge is 0.298 e. The first-order valence-corrected chi connectivity index (χ1v) is 3.73. The zero-order chi connectivity index (χ0) is 7.56. The molecule has 0 bridgehead atoms. The summed E-state index contributed by atoms with van der Waals surface area (Å²) in [5.41, 5.74) is 0.267. The number of carbonyl (C=O) groups excluding carboxylic acids is 1. The lowest BCUT2D eigenvalue weighted by Gasteiger charge is -2.06. The van der Waals surface area contributed by atoms with E-state index >= 15 is 0 Å². The second-order valence-electron chi connectivity index (χ2n) is 2.08. The summed E-state index contributed by atoms with van der Waals surface area (Å²) in [6.07, 6.45) is 3.15. The van der Waals surface area contributed by atoms with Crippen molar-refractivity contribution in [1.29, 1.82) is 0 Å². The van der Waals surface area contributed by atoms with E-state index in [0.717, 1.165) is 10.9 Å². The fourth-order valence-electron chi connectivity index (χ4n) is 0.791. The molecule has 0 fully saturated rings. The molecule has 0 aromatic heterocycles. The van der Waals surface area contributed by atoms with Crippen molar-refractivity contribution >= 4 is 22.2 Å². The van der Waals surface area contributed by atoms with Crippen LogP contribution in [0.1, 0.15) is 12.8 Å². The molecule has 0 aliphatic heterocycles. The summed E-state index contributed by atoms with van der Waals surface area (Å²) < 4.78 is 13.5. The monoisotopic (exact) mass is 204 g/mol. The molecule has 0 N–H and O–H groups in total. The molecule has 0 saturated heterocycles. The lowest BCUT2D eigenvalue weighted by molar-refractivity contribution is -0.105. The SMILES string of the molecule is O=CC1=C(F)C=C(Br)CC1. The average Bonchev–Trinajstić information content (AvgIpc) is 1.88. The Morgan fingerprint density at radius 2 is 2.30 bits per heavy atom. The van der Waals surface area contributed by atoms with Crippen LogP contribution in [0.15, 0.2) is 22.0 Å². The normalized spacial score (nSPS) is 18.8. The molecule has 1 aliphatic carbocycles. The highest BCUT2D eigenvalue weighted by molar-refractivity contribution is 9.11. The summed E-state index contributed by atoms with van der Waals surface area (Å²) in [5.74, 6) is -0.409. The third kappa shape index (κ3) is 1.53. The highest BCUT2D eigenvalue weighted by Crippen LogP contribution is 2.26. The Hall–Kier alpha value is -0.440. The Kier molecular flexibility index (Phi) is 2.38. The van der Waals surface area contributed by atoms with E-state index in [2.05, 4.69) is 15.9 Å². The van der Waals surface area contributed by atoms with Gasteiger partial charge in [-0.05, 0) is 23.4 Å². The number of rotatable bonds is 1. The summed E-state index contributed by atoms with van der Waals surface area (Å²) in [7, 11) is 0. The zero-order valence-electron chi connectivity index (χ0n) is 5.23. The predicted molar refractivity (Wildman–Crippen MR) is 40.4 cm³/mol. The number of allylic oxidation sites excluding steroid dienone is 4. The van der Waals surface area contributed by atoms with Gasteiger partial charge in [0.25, 0.3) is 0 Å². The molecular weight excluding hydrogens is 199 g/mol. The molecule has 1 aliphatic rings. The standard InChI is InChI=1S/C7H6BrFO/c8-6-2-1-5(4-10)7(9)3-6/h3-4H,1-2H2. The van der Waals surface area contributed by atoms with Crippen molar-refractivity contribution in [3.63, 3.8) is 0 Å². The minimum Gasteiger partial charge on any atom is -0.298 e. The maximum Gasteiger partial charge on any atom is 0.148 e. The van der Waals surface area contributed by atoms with E-state index in [1.54, 1.807) is 0 Å². The van der Waals surface area contributed by atoms with Crippen molar-refractivity contribution in [3.8, 4) is 0 Å². The van der Waals surface area contributed by atoms with Gasteiger partial charge in [0.1, 0.15) is 12.1 Å². The van der Waals surface area contributed by atoms with Crippen LogP contribution in [0.2, 0.25) is 0 Å². The van der Waals surface area contributed by atoms with Crippen LogP contribution in [0, 0.1) is 0 Å². The van der Waals surface area contributed by atoms with Gasteiger partial charge in [0, 0.05) is 5.57 Å². The maximum atomic E-state index is 12.6. The molecule has 0 aromatic carbocycles. The Morgan fingerprint density at radius 1 is 1.60 bits per heavy atom. The van der Waals surface area contributed by atoms with E-state index in [-0.39, 0.29) is 5.57 Å². The molecule has 54 valence electrons. The highest BCUT2D eigenvalue weighted by Gasteiger charge is 2.10. The molecule has 0 aromatic rings. The van der Waals surface area contributed by atoms with E-state index in [0.29, 0.717) is 12.7 Å². The summed E-state index contributed by atoms with van der Waals surface area (Å²) in [4.78, 5) is 10.1. The summed E-state index contributed by atoms with van der Waals surface area (Å²) >= 11 is 3.16. The van der Waals surface area contributed by atoms with Crippen LogP contribution in [0.4, 0.5) is 4.39 Å². The molecular formula is C7H6BrFO. The fraction of sp³-hybridized carbons (Fsp3) is 0.286. The van der Waals surface area contributed by atoms with Gasteiger partial charge in [-0.15, -0.1) is 0 Å². The zero-order valence-corrected chi connectivity index (χ0v) is 6.82. The van der Waals surface area contributed by atoms with Crippen LogP contribution >= 0.6 is 15.9 Å². The van der Waals surface area contributed by atoms with Crippen molar-refractivity contribution in [2.24, 2.45) is 0 Å². The topological polar surface area (TPSA) is 17.1 Å². The van der Waals surface area contributed by atoms with Crippen LogP contribution < -0.4 is 0 Å². The van der Waals surface area contributed by atoms with Gasteiger partial charge in [0.2, 0.25) is 0 Å². The van der Waals surface area contributed by atoms with Crippen molar-refractivity contribution < 1.29 is 9.18 Å². The molecule has 0 unspecified atom stereocenters. The molecule has 10 heavy (non-hydrogen) atoms. The van der Waals surface area contributed by atoms with Crippen LogP contribution in [0.25, 0.3) is 0 Å². The number of hydrogen-bond acceptors (Lipinski definition) is 1. The van der Waals surface area contributed by atoms with Gasteiger partial charge in [0.15, 0.2) is 0 Å². The Labute approximate surface area is 66.7 Å². The molecule has 1 rings (SSSR count). The van der Waals surface area contributed by atoms with Crippen molar-refractivity contribution in [2.45, 2.75) is 12.8 Å². The molecule has 0 saturated carbocycles. The van der Waals surface area contributed by atoms with Gasteiger partial charge in [-0.3, -0.25) is 4.79 Å². The van der Waals surface area contributed by atoms with Crippen LogP contribution in [0.3, 0.4) is 0 Å². The second kappa shape index (κ2) is 3.10. The minimum absolute atomic E-state index is 0.267. The molecule has 0 spiro atoms. The van der Waals surface area contributed by atoms with Gasteiger partial charge in [-0.25, -0.2) is 4.39 Å². The van der Waals surface area contributed by atoms with Gasteiger partial charge in [-0.2, -0.15) is 0 Å². The number of aldehydes is 1. The lowest BCUT2D eigenvalue weighted by atomic mass is 10.1. The number of hydrogen-bond donors (Lipinski definition) is 0. The second-order valence-corrected chi connectivity index (χ2v) is 3.10. The highest BCUT2D eigenvalue weighted by atomic mass is 79.9. The average molecular weight is 205 g/mol. The van der Waals surface area contributed by atoms with Crippen LogP contribution in [0.5, 0.6) is 0 Å². The van der Waals surface area contributed by atoms with Crippen LogP contribution in [-0.2, 0) is 4.79 Å².